The second-order valence-electron chi connectivity index (χ2n) is 7.97. The summed E-state index contributed by atoms with van der Waals surface area (Å²) in [6.07, 6.45) is 1.76. The minimum atomic E-state index is -0.209. The second kappa shape index (κ2) is 9.82. The van der Waals surface area contributed by atoms with Gasteiger partial charge < -0.3 is 10.6 Å². The molecule has 0 saturated heterocycles. The van der Waals surface area contributed by atoms with Gasteiger partial charge in [-0.05, 0) is 62.4 Å². The van der Waals surface area contributed by atoms with Crippen molar-refractivity contribution in [1.82, 2.24) is 19.9 Å². The zero-order valence-corrected chi connectivity index (χ0v) is 20.0. The smallest absolute Gasteiger partial charge is 0.255 e. The summed E-state index contributed by atoms with van der Waals surface area (Å²) in [5.74, 6) is 0.292. The maximum absolute atomic E-state index is 13.0. The predicted octanol–water partition coefficient (Wildman–Crippen LogP) is 6.27. The highest BCUT2D eigenvalue weighted by molar-refractivity contribution is 7.13. The van der Waals surface area contributed by atoms with Crippen molar-refractivity contribution in [3.05, 3.63) is 101 Å². The first-order valence-corrected chi connectivity index (χ1v) is 11.9. The molecule has 3 aromatic heterocycles. The fourth-order valence-electron chi connectivity index (χ4n) is 3.62. The van der Waals surface area contributed by atoms with Crippen LogP contribution in [-0.2, 0) is 0 Å². The molecule has 0 bridgehead atoms. The van der Waals surface area contributed by atoms with Gasteiger partial charge in [-0.2, -0.15) is 0 Å². The Morgan fingerprint density at radius 3 is 2.40 bits per heavy atom. The molecule has 7 nitrogen and oxygen atoms in total. The number of nitrogens with zero attached hydrogens (tertiary/aromatic N) is 4. The summed E-state index contributed by atoms with van der Waals surface area (Å²) in [7, 11) is 0. The standard InChI is InChI=1S/C27H22N6OS/c1-17-13-18(2)30-27(29-17)32-22-10-6-8-20(15-22)25(34)31-21-9-5-7-19(14-21)24-16-35-26(33-24)23-11-3-4-12-28-23/h3-16H,1-2H3,(H,31,34)(H,29,30,32). The number of aryl methyl sites for hydroxylation is 2. The zero-order chi connectivity index (χ0) is 24.2. The van der Waals surface area contributed by atoms with Gasteiger partial charge in [0.15, 0.2) is 0 Å². The summed E-state index contributed by atoms with van der Waals surface area (Å²) >= 11 is 1.54. The predicted molar refractivity (Wildman–Crippen MR) is 140 cm³/mol. The number of pyridine rings is 1. The van der Waals surface area contributed by atoms with Crippen LogP contribution in [-0.4, -0.2) is 25.8 Å². The fraction of sp³-hybridized carbons (Fsp3) is 0.0741. The summed E-state index contributed by atoms with van der Waals surface area (Å²) in [5.41, 5.74) is 6.30. The second-order valence-corrected chi connectivity index (χ2v) is 8.83. The molecule has 5 rings (SSSR count). The van der Waals surface area contributed by atoms with Gasteiger partial charge in [0.05, 0.1) is 11.4 Å². The molecule has 3 heterocycles. The van der Waals surface area contributed by atoms with E-state index in [2.05, 4.69) is 25.6 Å². The van der Waals surface area contributed by atoms with Crippen LogP contribution in [0.5, 0.6) is 0 Å². The van der Waals surface area contributed by atoms with Crippen LogP contribution < -0.4 is 10.6 Å². The van der Waals surface area contributed by atoms with Gasteiger partial charge in [0.25, 0.3) is 5.91 Å². The van der Waals surface area contributed by atoms with Crippen molar-refractivity contribution < 1.29 is 4.79 Å². The van der Waals surface area contributed by atoms with E-state index >= 15 is 0 Å². The minimum absolute atomic E-state index is 0.209. The number of benzene rings is 2. The van der Waals surface area contributed by atoms with Gasteiger partial charge in [-0.15, -0.1) is 11.3 Å². The maximum Gasteiger partial charge on any atom is 0.255 e. The number of rotatable bonds is 6. The largest absolute Gasteiger partial charge is 0.324 e. The molecule has 0 aliphatic carbocycles. The van der Waals surface area contributed by atoms with Gasteiger partial charge in [0.1, 0.15) is 5.01 Å². The quantitative estimate of drug-likeness (QED) is 0.299. The first-order chi connectivity index (χ1) is 17.0. The lowest BCUT2D eigenvalue weighted by Crippen LogP contribution is -2.12. The number of hydrogen-bond donors (Lipinski definition) is 2. The van der Waals surface area contributed by atoms with Crippen molar-refractivity contribution in [1.29, 1.82) is 0 Å². The Bertz CT molecular complexity index is 1480. The van der Waals surface area contributed by atoms with Crippen LogP contribution >= 0.6 is 11.3 Å². The average Bonchev–Trinajstić information content (AvgIpc) is 3.35. The first kappa shape index (κ1) is 22.4. The van der Waals surface area contributed by atoms with Crippen LogP contribution in [0.4, 0.5) is 17.3 Å². The fourth-order valence-corrected chi connectivity index (χ4v) is 4.43. The maximum atomic E-state index is 13.0. The molecule has 0 spiro atoms. The summed E-state index contributed by atoms with van der Waals surface area (Å²) < 4.78 is 0. The van der Waals surface area contributed by atoms with Crippen molar-refractivity contribution in [2.45, 2.75) is 13.8 Å². The topological polar surface area (TPSA) is 92.7 Å². The van der Waals surface area contributed by atoms with E-state index in [1.165, 1.54) is 11.3 Å². The number of aromatic nitrogens is 4. The molecule has 1 amide bonds. The Morgan fingerprint density at radius 1 is 0.800 bits per heavy atom. The molecule has 8 heteroatoms. The van der Waals surface area contributed by atoms with E-state index in [1.807, 2.05) is 79.9 Å². The molecule has 0 radical (unpaired) electrons. The summed E-state index contributed by atoms with van der Waals surface area (Å²) in [6, 6.07) is 22.6. The van der Waals surface area contributed by atoms with E-state index in [-0.39, 0.29) is 5.91 Å². The number of anilines is 3. The van der Waals surface area contributed by atoms with E-state index < -0.39 is 0 Å². The van der Waals surface area contributed by atoms with Crippen LogP contribution in [0.25, 0.3) is 22.0 Å². The lowest BCUT2D eigenvalue weighted by molar-refractivity contribution is 0.102. The third-order valence-electron chi connectivity index (χ3n) is 5.17. The van der Waals surface area contributed by atoms with Crippen LogP contribution in [0, 0.1) is 13.8 Å². The third-order valence-corrected chi connectivity index (χ3v) is 6.03. The molecule has 2 aromatic carbocycles. The van der Waals surface area contributed by atoms with Crippen molar-refractivity contribution in [2.75, 3.05) is 10.6 Å². The lowest BCUT2D eigenvalue weighted by Gasteiger charge is -2.10. The number of thiazole rings is 1. The Labute approximate surface area is 207 Å². The van der Waals surface area contributed by atoms with Crippen LogP contribution in [0.2, 0.25) is 0 Å². The van der Waals surface area contributed by atoms with Gasteiger partial charge >= 0.3 is 0 Å². The Balaban J connectivity index is 1.31. The Hall–Kier alpha value is -4.43. The third kappa shape index (κ3) is 5.39. The highest BCUT2D eigenvalue weighted by Crippen LogP contribution is 2.29. The highest BCUT2D eigenvalue weighted by atomic mass is 32.1. The molecule has 2 N–H and O–H groups in total. The summed E-state index contributed by atoms with van der Waals surface area (Å²) in [6.45, 7) is 3.84. The van der Waals surface area contributed by atoms with Gasteiger partial charge in [0.2, 0.25) is 5.95 Å². The molecular formula is C27H22N6OS. The first-order valence-electron chi connectivity index (χ1n) is 11.0. The molecule has 0 atom stereocenters. The van der Waals surface area contributed by atoms with E-state index in [9.17, 15) is 4.79 Å². The van der Waals surface area contributed by atoms with Gasteiger partial charge in [-0.3, -0.25) is 9.78 Å². The van der Waals surface area contributed by atoms with Crippen molar-refractivity contribution in [2.24, 2.45) is 0 Å². The normalized spacial score (nSPS) is 10.7. The summed E-state index contributed by atoms with van der Waals surface area (Å²) in [5, 5.41) is 9.01. The van der Waals surface area contributed by atoms with E-state index in [1.54, 1.807) is 18.3 Å². The molecule has 0 fully saturated rings. The average molecular weight is 479 g/mol. The number of hydrogen-bond acceptors (Lipinski definition) is 7. The molecule has 172 valence electrons. The highest BCUT2D eigenvalue weighted by Gasteiger charge is 2.11. The SMILES string of the molecule is Cc1cc(C)nc(Nc2cccc(C(=O)Nc3cccc(-c4csc(-c5ccccn5)n4)c3)c2)n1. The lowest BCUT2D eigenvalue weighted by atomic mass is 10.1. The van der Waals surface area contributed by atoms with E-state index in [4.69, 9.17) is 4.98 Å². The Kier molecular flexibility index (Phi) is 6.28. The van der Waals surface area contributed by atoms with Crippen molar-refractivity contribution in [3.63, 3.8) is 0 Å². The number of amides is 1. The molecule has 0 saturated carbocycles. The molecule has 0 unspecified atom stereocenters. The molecule has 0 aliphatic heterocycles. The molecule has 35 heavy (non-hydrogen) atoms. The Morgan fingerprint density at radius 2 is 1.60 bits per heavy atom. The van der Waals surface area contributed by atoms with Gasteiger partial charge in [0, 0.05) is 45.5 Å². The number of nitrogens with one attached hydrogen (secondary N) is 2. The summed E-state index contributed by atoms with van der Waals surface area (Å²) in [4.78, 5) is 30.9. The number of carbonyl (C=O) groups excluding carboxylic acids is 1. The van der Waals surface area contributed by atoms with E-state index in [0.29, 0.717) is 17.2 Å². The van der Waals surface area contributed by atoms with Crippen LogP contribution in [0.1, 0.15) is 21.7 Å². The zero-order valence-electron chi connectivity index (χ0n) is 19.2. The van der Waals surface area contributed by atoms with Crippen molar-refractivity contribution >= 4 is 34.6 Å². The molecular weight excluding hydrogens is 456 g/mol. The van der Waals surface area contributed by atoms with Crippen LogP contribution in [0.3, 0.4) is 0 Å². The monoisotopic (exact) mass is 478 g/mol. The van der Waals surface area contributed by atoms with E-state index in [0.717, 1.165) is 39.0 Å². The molecule has 5 aromatic rings. The number of carbonyl (C=O) groups is 1. The minimum Gasteiger partial charge on any atom is -0.324 e. The van der Waals surface area contributed by atoms with Crippen molar-refractivity contribution in [3.8, 4) is 22.0 Å². The van der Waals surface area contributed by atoms with Gasteiger partial charge in [-0.1, -0.05) is 24.3 Å². The van der Waals surface area contributed by atoms with Gasteiger partial charge in [-0.25, -0.2) is 15.0 Å². The molecule has 0 aliphatic rings. The van der Waals surface area contributed by atoms with Crippen LogP contribution in [0.15, 0.2) is 84.4 Å².